The molecule has 8 nitrogen and oxygen atoms in total. The van der Waals surface area contributed by atoms with Crippen molar-refractivity contribution >= 4 is 5.96 Å². The number of aromatic nitrogens is 1. The number of ether oxygens (including phenoxy) is 1. The maximum atomic E-state index is 13.0. The number of benzene rings is 1. The second-order valence-corrected chi connectivity index (χ2v) is 8.61. The number of likely N-dealkylation sites (tertiary alicyclic amines) is 1. The molecule has 2 aliphatic heterocycles. The number of rotatable bonds is 7. The summed E-state index contributed by atoms with van der Waals surface area (Å²) in [6.45, 7) is 4.80. The minimum absolute atomic E-state index is 0.402. The van der Waals surface area contributed by atoms with Gasteiger partial charge in [-0.05, 0) is 24.7 Å². The van der Waals surface area contributed by atoms with E-state index in [2.05, 4.69) is 22.4 Å². The van der Waals surface area contributed by atoms with Gasteiger partial charge in [-0.25, -0.2) is 29.1 Å². The summed E-state index contributed by atoms with van der Waals surface area (Å²) < 4.78 is 36.6. The fourth-order valence-electron chi connectivity index (χ4n) is 3.70. The van der Waals surface area contributed by atoms with Crippen LogP contribution in [0.3, 0.4) is 0 Å². The van der Waals surface area contributed by atoms with Crippen LogP contribution in [0.15, 0.2) is 39.9 Å². The van der Waals surface area contributed by atoms with E-state index in [4.69, 9.17) is 19.0 Å². The Kier molecular flexibility index (Phi) is 6.34. The van der Waals surface area contributed by atoms with Gasteiger partial charge in [0.1, 0.15) is 12.0 Å². The molecule has 2 aliphatic rings. The van der Waals surface area contributed by atoms with E-state index in [1.165, 1.54) is 0 Å². The molecule has 10 heteroatoms. The Balaban J connectivity index is 1.49. The molecule has 0 saturated carbocycles. The first-order chi connectivity index (χ1) is 15.2. The summed E-state index contributed by atoms with van der Waals surface area (Å²) in [6.07, 6.45) is 3.25. The van der Waals surface area contributed by atoms with Crippen molar-refractivity contribution in [1.82, 2.24) is 20.3 Å². The van der Waals surface area contributed by atoms with Crippen LogP contribution in [0.25, 0.3) is 0 Å². The molecular weight excluding hydrogens is 420 g/mol. The van der Waals surface area contributed by atoms with Gasteiger partial charge >= 0.3 is 0 Å². The number of hydroxylamine groups is 1. The molecule has 1 spiro atoms. The molecule has 0 bridgehead atoms. The zero-order valence-corrected chi connectivity index (χ0v) is 18.6. The standard InChI is InChI=1S/C22H29F2N5O3/c1-16-25-18(14-30-16)13-29(20-26-22(32-27-20)8-10-28(3)11-9-22)12-17-4-6-19(7-5-17)31-15-21(2,23)24/h4-7,14H,8-13,15H2,1-3H3,(H,26,27). The Morgan fingerprint density at radius 3 is 2.56 bits per heavy atom. The van der Waals surface area contributed by atoms with Gasteiger partial charge in [0.15, 0.2) is 18.2 Å². The van der Waals surface area contributed by atoms with Gasteiger partial charge in [0.2, 0.25) is 5.96 Å². The lowest BCUT2D eigenvalue weighted by Crippen LogP contribution is -2.43. The van der Waals surface area contributed by atoms with Crippen molar-refractivity contribution in [3.63, 3.8) is 0 Å². The monoisotopic (exact) mass is 449 g/mol. The number of nitrogens with one attached hydrogen (secondary N) is 1. The largest absolute Gasteiger partial charge is 0.487 e. The van der Waals surface area contributed by atoms with Crippen LogP contribution in [0, 0.1) is 6.92 Å². The van der Waals surface area contributed by atoms with Crippen LogP contribution in [0.2, 0.25) is 0 Å². The number of nitrogens with zero attached hydrogens (tertiary/aromatic N) is 4. The summed E-state index contributed by atoms with van der Waals surface area (Å²) in [7, 11) is 2.09. The van der Waals surface area contributed by atoms with Crippen LogP contribution >= 0.6 is 0 Å². The van der Waals surface area contributed by atoms with Gasteiger partial charge in [-0.2, -0.15) is 0 Å². The number of alkyl halides is 2. The summed E-state index contributed by atoms with van der Waals surface area (Å²) in [6, 6.07) is 7.09. The van der Waals surface area contributed by atoms with Crippen LogP contribution in [0.4, 0.5) is 8.78 Å². The fraction of sp³-hybridized carbons (Fsp3) is 0.545. The first kappa shape index (κ1) is 22.5. The molecule has 0 aliphatic carbocycles. The molecule has 0 atom stereocenters. The molecule has 1 aromatic carbocycles. The highest BCUT2D eigenvalue weighted by atomic mass is 19.3. The SMILES string of the molecule is Cc1nc(CN(Cc2ccc(OCC(C)(F)F)cc2)C2=NC3(CCN(C)CC3)ON2)co1. The lowest BCUT2D eigenvalue weighted by atomic mass is 10.0. The second-order valence-electron chi connectivity index (χ2n) is 8.61. The van der Waals surface area contributed by atoms with Gasteiger partial charge in [-0.3, -0.25) is 0 Å². The predicted octanol–water partition coefficient (Wildman–Crippen LogP) is 3.33. The third-order valence-corrected chi connectivity index (χ3v) is 5.52. The molecule has 32 heavy (non-hydrogen) atoms. The maximum absolute atomic E-state index is 13.0. The fourth-order valence-corrected chi connectivity index (χ4v) is 3.70. The maximum Gasteiger partial charge on any atom is 0.278 e. The summed E-state index contributed by atoms with van der Waals surface area (Å²) >= 11 is 0. The molecule has 1 N–H and O–H groups in total. The van der Waals surface area contributed by atoms with Gasteiger partial charge < -0.3 is 19.0 Å². The van der Waals surface area contributed by atoms with E-state index >= 15 is 0 Å². The topological polar surface area (TPSA) is 75.4 Å². The van der Waals surface area contributed by atoms with E-state index in [0.29, 0.717) is 30.7 Å². The number of aryl methyl sites for hydroxylation is 1. The molecule has 1 fully saturated rings. The van der Waals surface area contributed by atoms with E-state index < -0.39 is 18.3 Å². The predicted molar refractivity (Wildman–Crippen MR) is 114 cm³/mol. The number of hydrogen-bond donors (Lipinski definition) is 1. The first-order valence-corrected chi connectivity index (χ1v) is 10.7. The summed E-state index contributed by atoms with van der Waals surface area (Å²) in [4.78, 5) is 19.5. The molecular formula is C22H29F2N5O3. The van der Waals surface area contributed by atoms with Crippen molar-refractivity contribution < 1.29 is 22.8 Å². The molecule has 0 amide bonds. The first-order valence-electron chi connectivity index (χ1n) is 10.7. The molecule has 3 heterocycles. The Morgan fingerprint density at radius 2 is 1.94 bits per heavy atom. The molecule has 1 saturated heterocycles. The van der Waals surface area contributed by atoms with Crippen LogP contribution in [-0.2, 0) is 17.9 Å². The minimum atomic E-state index is -2.87. The van der Waals surface area contributed by atoms with Crippen molar-refractivity contribution in [1.29, 1.82) is 0 Å². The zero-order chi connectivity index (χ0) is 22.8. The average Bonchev–Trinajstić information content (AvgIpc) is 3.35. The lowest BCUT2D eigenvalue weighted by Gasteiger charge is -2.33. The van der Waals surface area contributed by atoms with Gasteiger partial charge in [0.25, 0.3) is 5.92 Å². The van der Waals surface area contributed by atoms with Crippen molar-refractivity contribution in [3.8, 4) is 5.75 Å². The number of oxazole rings is 1. The third-order valence-electron chi connectivity index (χ3n) is 5.52. The van der Waals surface area contributed by atoms with Crippen molar-refractivity contribution in [2.75, 3.05) is 26.7 Å². The Bertz CT molecular complexity index is 934. The molecule has 0 unspecified atom stereocenters. The van der Waals surface area contributed by atoms with E-state index in [-0.39, 0.29) is 0 Å². The average molecular weight is 450 g/mol. The molecule has 174 valence electrons. The van der Waals surface area contributed by atoms with Crippen LogP contribution in [0.5, 0.6) is 5.75 Å². The third kappa shape index (κ3) is 5.74. The van der Waals surface area contributed by atoms with Crippen molar-refractivity contribution in [2.45, 2.75) is 51.4 Å². The zero-order valence-electron chi connectivity index (χ0n) is 18.6. The van der Waals surface area contributed by atoms with E-state index in [0.717, 1.165) is 44.1 Å². The van der Waals surface area contributed by atoms with Crippen LogP contribution < -0.4 is 10.2 Å². The highest BCUT2D eigenvalue weighted by Crippen LogP contribution is 2.30. The van der Waals surface area contributed by atoms with E-state index in [9.17, 15) is 8.78 Å². The number of hydrogen-bond acceptors (Lipinski definition) is 8. The van der Waals surface area contributed by atoms with Gasteiger partial charge in [0, 0.05) is 46.3 Å². The van der Waals surface area contributed by atoms with Crippen LogP contribution in [-0.4, -0.2) is 59.1 Å². The minimum Gasteiger partial charge on any atom is -0.487 e. The van der Waals surface area contributed by atoms with E-state index in [1.807, 2.05) is 17.0 Å². The molecule has 1 aromatic heterocycles. The Hall–Kier alpha value is -2.72. The molecule has 0 radical (unpaired) electrons. The molecule has 2 aromatic rings. The van der Waals surface area contributed by atoms with Crippen molar-refractivity contribution in [3.05, 3.63) is 47.7 Å². The lowest BCUT2D eigenvalue weighted by molar-refractivity contribution is -0.0875. The Morgan fingerprint density at radius 1 is 1.22 bits per heavy atom. The summed E-state index contributed by atoms with van der Waals surface area (Å²) in [5.41, 5.74) is 4.21. The van der Waals surface area contributed by atoms with Crippen LogP contribution in [0.1, 0.15) is 36.9 Å². The summed E-state index contributed by atoms with van der Waals surface area (Å²) in [5, 5.41) is 0. The highest BCUT2D eigenvalue weighted by molar-refractivity contribution is 5.80. The van der Waals surface area contributed by atoms with Gasteiger partial charge in [-0.15, -0.1) is 0 Å². The quantitative estimate of drug-likeness (QED) is 0.695. The van der Waals surface area contributed by atoms with Gasteiger partial charge in [-0.1, -0.05) is 12.1 Å². The summed E-state index contributed by atoms with van der Waals surface area (Å²) in [5.74, 6) is -1.24. The Labute approximate surface area is 186 Å². The normalized spacial score (nSPS) is 18.5. The highest BCUT2D eigenvalue weighted by Gasteiger charge is 2.40. The van der Waals surface area contributed by atoms with Gasteiger partial charge in [0.05, 0.1) is 12.2 Å². The number of aliphatic imine (C=N–C) groups is 1. The smallest absolute Gasteiger partial charge is 0.278 e. The number of piperidine rings is 1. The van der Waals surface area contributed by atoms with E-state index in [1.54, 1.807) is 25.3 Å². The molecule has 4 rings (SSSR count). The number of halogens is 2. The van der Waals surface area contributed by atoms with Crippen molar-refractivity contribution in [2.24, 2.45) is 4.99 Å². The second kappa shape index (κ2) is 9.03. The number of guanidine groups is 1.